The highest BCUT2D eigenvalue weighted by atomic mass is 16.4. The molecular weight excluding hydrogens is 146 g/mol. The molecule has 0 spiro atoms. The molecule has 1 aromatic heterocycles. The lowest BCUT2D eigenvalue weighted by Gasteiger charge is -1.90. The zero-order valence-electron chi connectivity index (χ0n) is 5.96. The number of rotatable bonds is 2. The summed E-state index contributed by atoms with van der Waals surface area (Å²) in [4.78, 5) is 20.9. The van der Waals surface area contributed by atoms with E-state index in [1.165, 1.54) is 19.2 Å². The Morgan fingerprint density at radius 2 is 2.36 bits per heavy atom. The van der Waals surface area contributed by atoms with Gasteiger partial charge in [-0.2, -0.15) is 0 Å². The zero-order valence-corrected chi connectivity index (χ0v) is 5.96. The molecule has 1 N–H and O–H groups in total. The Kier molecular flexibility index (Phi) is 2.06. The Morgan fingerprint density at radius 3 is 2.82 bits per heavy atom. The molecule has 0 aliphatic heterocycles. The fraction of sp³-hybridized carbons (Fsp3) is 0.143. The number of aldehydes is 1. The van der Waals surface area contributed by atoms with E-state index < -0.39 is 0 Å². The molecule has 4 heteroatoms. The second-order valence-corrected chi connectivity index (χ2v) is 1.90. The van der Waals surface area contributed by atoms with Gasteiger partial charge in [-0.15, -0.1) is 0 Å². The Balaban J connectivity index is 2.88. The summed E-state index contributed by atoms with van der Waals surface area (Å²) in [6.07, 6.45) is 0.548. The minimum atomic E-state index is -0.335. The van der Waals surface area contributed by atoms with Crippen LogP contribution < -0.4 is 5.32 Å². The van der Waals surface area contributed by atoms with E-state index in [9.17, 15) is 9.59 Å². The first kappa shape index (κ1) is 7.53. The predicted octanol–water partition coefficient (Wildman–Crippen LogP) is 0.452. The molecule has 4 nitrogen and oxygen atoms in total. The Hall–Kier alpha value is -1.58. The van der Waals surface area contributed by atoms with Crippen molar-refractivity contribution in [2.45, 2.75) is 0 Å². The first-order valence-electron chi connectivity index (χ1n) is 3.05. The monoisotopic (exact) mass is 153 g/mol. The van der Waals surface area contributed by atoms with E-state index in [-0.39, 0.29) is 17.4 Å². The first-order chi connectivity index (χ1) is 5.27. The summed E-state index contributed by atoms with van der Waals surface area (Å²) >= 11 is 0. The van der Waals surface area contributed by atoms with Crippen molar-refractivity contribution in [1.82, 2.24) is 5.32 Å². The Morgan fingerprint density at radius 1 is 1.64 bits per heavy atom. The van der Waals surface area contributed by atoms with Crippen LogP contribution >= 0.6 is 0 Å². The van der Waals surface area contributed by atoms with E-state index in [0.717, 1.165) is 0 Å². The molecular formula is C7H7NO3. The van der Waals surface area contributed by atoms with Crippen molar-refractivity contribution in [2.24, 2.45) is 0 Å². The minimum absolute atomic E-state index is 0.148. The van der Waals surface area contributed by atoms with Crippen molar-refractivity contribution >= 4 is 12.2 Å². The Bertz CT molecular complexity index is 277. The van der Waals surface area contributed by atoms with Crippen LogP contribution in [0, 0.1) is 0 Å². The van der Waals surface area contributed by atoms with E-state index >= 15 is 0 Å². The quantitative estimate of drug-likeness (QED) is 0.627. The average Bonchev–Trinajstić information content (AvgIpc) is 2.50. The minimum Gasteiger partial charge on any atom is -0.448 e. The highest BCUT2D eigenvalue weighted by Gasteiger charge is 2.07. The van der Waals surface area contributed by atoms with Crippen LogP contribution in [0.25, 0.3) is 0 Å². The summed E-state index contributed by atoms with van der Waals surface area (Å²) in [5, 5.41) is 2.37. The molecule has 0 radical (unpaired) electrons. The number of nitrogens with one attached hydrogen (secondary N) is 1. The summed E-state index contributed by atoms with van der Waals surface area (Å²) in [5.74, 6) is -0.0312. The molecule has 1 rings (SSSR count). The third-order valence-electron chi connectivity index (χ3n) is 1.19. The highest BCUT2D eigenvalue weighted by molar-refractivity contribution is 5.91. The fourth-order valence-corrected chi connectivity index (χ4v) is 0.661. The maximum Gasteiger partial charge on any atom is 0.286 e. The van der Waals surface area contributed by atoms with Gasteiger partial charge in [0.25, 0.3) is 5.91 Å². The molecule has 0 unspecified atom stereocenters. The topological polar surface area (TPSA) is 59.3 Å². The van der Waals surface area contributed by atoms with E-state index in [1.54, 1.807) is 0 Å². The second-order valence-electron chi connectivity index (χ2n) is 1.90. The second kappa shape index (κ2) is 3.01. The number of hydrogen-bond acceptors (Lipinski definition) is 3. The molecule has 0 aromatic carbocycles. The smallest absolute Gasteiger partial charge is 0.286 e. The molecule has 0 saturated heterocycles. The molecule has 11 heavy (non-hydrogen) atoms. The summed E-state index contributed by atoms with van der Waals surface area (Å²) in [6, 6.07) is 2.89. The standard InChI is InChI=1S/C7H7NO3/c1-8-7(10)6-3-2-5(4-9)11-6/h2-4H,1H3,(H,8,10). The molecule has 0 fully saturated rings. The van der Waals surface area contributed by atoms with Crippen LogP contribution in [0.1, 0.15) is 21.1 Å². The van der Waals surface area contributed by atoms with Crippen LogP contribution in [0.15, 0.2) is 16.5 Å². The lowest BCUT2D eigenvalue weighted by atomic mass is 10.4. The molecule has 1 amide bonds. The molecule has 0 aliphatic carbocycles. The molecule has 0 atom stereocenters. The fourth-order valence-electron chi connectivity index (χ4n) is 0.661. The lowest BCUT2D eigenvalue weighted by Crippen LogP contribution is -2.16. The summed E-state index contributed by atoms with van der Waals surface area (Å²) < 4.78 is 4.81. The van der Waals surface area contributed by atoms with E-state index in [2.05, 4.69) is 5.32 Å². The lowest BCUT2D eigenvalue weighted by molar-refractivity contribution is 0.0932. The van der Waals surface area contributed by atoms with Gasteiger partial charge in [0.1, 0.15) is 0 Å². The number of amides is 1. The SMILES string of the molecule is CNC(=O)c1ccc(C=O)o1. The van der Waals surface area contributed by atoms with Gasteiger partial charge in [0.05, 0.1) is 0 Å². The maximum atomic E-state index is 10.8. The number of carbonyl (C=O) groups excluding carboxylic acids is 2. The third-order valence-corrected chi connectivity index (χ3v) is 1.19. The largest absolute Gasteiger partial charge is 0.448 e. The van der Waals surface area contributed by atoms with Crippen molar-refractivity contribution in [3.63, 3.8) is 0 Å². The molecule has 1 aromatic rings. The van der Waals surface area contributed by atoms with E-state index in [1.807, 2.05) is 0 Å². The summed E-state index contributed by atoms with van der Waals surface area (Å²) in [7, 11) is 1.49. The zero-order chi connectivity index (χ0) is 8.27. The van der Waals surface area contributed by atoms with Crippen LogP contribution in [0.4, 0.5) is 0 Å². The van der Waals surface area contributed by atoms with Gasteiger partial charge in [0.2, 0.25) is 0 Å². The van der Waals surface area contributed by atoms with Crippen LogP contribution in [-0.2, 0) is 0 Å². The van der Waals surface area contributed by atoms with Crippen molar-refractivity contribution in [2.75, 3.05) is 7.05 Å². The van der Waals surface area contributed by atoms with Gasteiger partial charge in [0.15, 0.2) is 17.8 Å². The van der Waals surface area contributed by atoms with Crippen LogP contribution in [0.2, 0.25) is 0 Å². The highest BCUT2D eigenvalue weighted by Crippen LogP contribution is 2.04. The number of hydrogen-bond donors (Lipinski definition) is 1. The maximum absolute atomic E-state index is 10.8. The van der Waals surface area contributed by atoms with Crippen LogP contribution in [-0.4, -0.2) is 19.2 Å². The van der Waals surface area contributed by atoms with Gasteiger partial charge >= 0.3 is 0 Å². The third kappa shape index (κ3) is 1.46. The van der Waals surface area contributed by atoms with Gasteiger partial charge < -0.3 is 9.73 Å². The molecule has 58 valence electrons. The van der Waals surface area contributed by atoms with Gasteiger partial charge in [0, 0.05) is 7.05 Å². The van der Waals surface area contributed by atoms with Crippen molar-refractivity contribution in [3.05, 3.63) is 23.7 Å². The van der Waals surface area contributed by atoms with Gasteiger partial charge in [-0.3, -0.25) is 9.59 Å². The van der Waals surface area contributed by atoms with Gasteiger partial charge in [-0.25, -0.2) is 0 Å². The Labute approximate surface area is 63.2 Å². The van der Waals surface area contributed by atoms with E-state index in [4.69, 9.17) is 4.42 Å². The predicted molar refractivity (Wildman–Crippen MR) is 37.5 cm³/mol. The number of carbonyl (C=O) groups is 2. The first-order valence-corrected chi connectivity index (χ1v) is 3.05. The summed E-state index contributed by atoms with van der Waals surface area (Å²) in [6.45, 7) is 0. The average molecular weight is 153 g/mol. The van der Waals surface area contributed by atoms with Crippen LogP contribution in [0.5, 0.6) is 0 Å². The van der Waals surface area contributed by atoms with Crippen molar-refractivity contribution < 1.29 is 14.0 Å². The molecule has 1 heterocycles. The van der Waals surface area contributed by atoms with Gasteiger partial charge in [-0.1, -0.05) is 0 Å². The molecule has 0 aliphatic rings. The van der Waals surface area contributed by atoms with Crippen molar-refractivity contribution in [3.8, 4) is 0 Å². The summed E-state index contributed by atoms with van der Waals surface area (Å²) in [5.41, 5.74) is 0. The molecule has 0 bridgehead atoms. The number of furan rings is 1. The van der Waals surface area contributed by atoms with E-state index in [0.29, 0.717) is 6.29 Å². The van der Waals surface area contributed by atoms with Crippen molar-refractivity contribution in [1.29, 1.82) is 0 Å². The molecule has 0 saturated carbocycles. The van der Waals surface area contributed by atoms with Crippen LogP contribution in [0.3, 0.4) is 0 Å². The normalized spacial score (nSPS) is 9.18. The van der Waals surface area contributed by atoms with Gasteiger partial charge in [-0.05, 0) is 12.1 Å².